The van der Waals surface area contributed by atoms with Crippen LogP contribution in [0.5, 0.6) is 0 Å². The Labute approximate surface area is 164 Å². The van der Waals surface area contributed by atoms with Gasteiger partial charge in [0.25, 0.3) is 5.69 Å². The minimum Gasteiger partial charge on any atom is -0.370 e. The molecule has 0 bridgehead atoms. The quantitative estimate of drug-likeness (QED) is 0.282. The number of halogens is 1. The zero-order valence-electron chi connectivity index (χ0n) is 15.2. The summed E-state index contributed by atoms with van der Waals surface area (Å²) in [6.07, 6.45) is 1.33. The summed E-state index contributed by atoms with van der Waals surface area (Å²) in [5.41, 5.74) is 1.42. The van der Waals surface area contributed by atoms with E-state index in [1.807, 2.05) is 0 Å². The molecule has 2 heterocycles. The number of benzene rings is 2. The predicted octanol–water partition coefficient (Wildman–Crippen LogP) is 4.38. The molecule has 2 aromatic heterocycles. The maximum Gasteiger partial charge on any atom is 0.270 e. The van der Waals surface area contributed by atoms with E-state index < -0.39 is 4.92 Å². The normalized spacial score (nSPS) is 10.9. The van der Waals surface area contributed by atoms with Crippen LogP contribution in [0.4, 0.5) is 15.9 Å². The van der Waals surface area contributed by atoms with Gasteiger partial charge in [0.05, 0.1) is 10.4 Å². The van der Waals surface area contributed by atoms with Crippen molar-refractivity contribution in [2.75, 3.05) is 11.9 Å². The number of non-ortho nitro benzene ring substituents is 1. The van der Waals surface area contributed by atoms with Crippen molar-refractivity contribution in [2.45, 2.75) is 12.8 Å². The number of nitrogens with zero attached hydrogens (tertiary/aromatic N) is 4. The third kappa shape index (κ3) is 4.34. The summed E-state index contributed by atoms with van der Waals surface area (Å²) in [7, 11) is 0. The molecule has 0 aliphatic heterocycles. The van der Waals surface area contributed by atoms with Crippen LogP contribution in [0.15, 0.2) is 59.1 Å². The van der Waals surface area contributed by atoms with Crippen LogP contribution in [0.3, 0.4) is 0 Å². The predicted molar refractivity (Wildman–Crippen MR) is 105 cm³/mol. The summed E-state index contributed by atoms with van der Waals surface area (Å²) < 4.78 is 18.2. The highest BCUT2D eigenvalue weighted by Crippen LogP contribution is 2.21. The SMILES string of the molecule is O=[N+]([O-])c1ccc2nc(NCCCc3nc(-c4ccc(F)cc4)no3)ccc2c1. The zero-order valence-corrected chi connectivity index (χ0v) is 15.2. The van der Waals surface area contributed by atoms with Crippen LogP contribution >= 0.6 is 0 Å². The third-order valence-electron chi connectivity index (χ3n) is 4.33. The highest BCUT2D eigenvalue weighted by molar-refractivity contribution is 5.82. The molecule has 2 aromatic carbocycles. The first-order valence-electron chi connectivity index (χ1n) is 8.96. The summed E-state index contributed by atoms with van der Waals surface area (Å²) in [5, 5.41) is 18.7. The van der Waals surface area contributed by atoms with Gasteiger partial charge < -0.3 is 9.84 Å². The number of aromatic nitrogens is 3. The Kier molecular flexibility index (Phi) is 5.10. The monoisotopic (exact) mass is 393 g/mol. The van der Waals surface area contributed by atoms with Crippen molar-refractivity contribution in [1.29, 1.82) is 0 Å². The van der Waals surface area contributed by atoms with E-state index in [9.17, 15) is 14.5 Å². The van der Waals surface area contributed by atoms with Gasteiger partial charge in [0.15, 0.2) is 0 Å². The summed E-state index contributed by atoms with van der Waals surface area (Å²) in [4.78, 5) is 19.2. The number of rotatable bonds is 7. The molecule has 29 heavy (non-hydrogen) atoms. The zero-order chi connectivity index (χ0) is 20.2. The number of nitrogens with one attached hydrogen (secondary N) is 1. The van der Waals surface area contributed by atoms with E-state index in [2.05, 4.69) is 20.4 Å². The molecule has 0 unspecified atom stereocenters. The number of fused-ring (bicyclic) bond motifs is 1. The highest BCUT2D eigenvalue weighted by Gasteiger charge is 2.09. The van der Waals surface area contributed by atoms with Gasteiger partial charge in [-0.15, -0.1) is 0 Å². The molecule has 9 heteroatoms. The minimum atomic E-state index is -0.426. The average Bonchev–Trinajstić information content (AvgIpc) is 3.20. The van der Waals surface area contributed by atoms with Gasteiger partial charge >= 0.3 is 0 Å². The fourth-order valence-electron chi connectivity index (χ4n) is 2.85. The van der Waals surface area contributed by atoms with Crippen molar-refractivity contribution in [3.8, 4) is 11.4 Å². The second kappa shape index (κ2) is 8.01. The van der Waals surface area contributed by atoms with Crippen LogP contribution in [0.25, 0.3) is 22.3 Å². The third-order valence-corrected chi connectivity index (χ3v) is 4.33. The minimum absolute atomic E-state index is 0.0413. The molecule has 1 N–H and O–H groups in total. The number of anilines is 1. The van der Waals surface area contributed by atoms with Gasteiger partial charge in [0, 0.05) is 36.0 Å². The van der Waals surface area contributed by atoms with Crippen molar-refractivity contribution in [1.82, 2.24) is 15.1 Å². The number of hydrogen-bond acceptors (Lipinski definition) is 7. The van der Waals surface area contributed by atoms with Crippen LogP contribution in [0, 0.1) is 15.9 Å². The van der Waals surface area contributed by atoms with Gasteiger partial charge in [-0.25, -0.2) is 9.37 Å². The molecular weight excluding hydrogens is 377 g/mol. The van der Waals surface area contributed by atoms with Crippen LogP contribution < -0.4 is 5.32 Å². The molecule has 0 saturated heterocycles. The van der Waals surface area contributed by atoms with Crippen molar-refractivity contribution in [3.63, 3.8) is 0 Å². The van der Waals surface area contributed by atoms with E-state index in [0.717, 1.165) is 6.42 Å². The van der Waals surface area contributed by atoms with Crippen LogP contribution in [0.1, 0.15) is 12.3 Å². The fourth-order valence-corrected chi connectivity index (χ4v) is 2.85. The molecule has 146 valence electrons. The molecule has 8 nitrogen and oxygen atoms in total. The van der Waals surface area contributed by atoms with Crippen molar-refractivity contribution < 1.29 is 13.8 Å². The first-order chi connectivity index (χ1) is 14.1. The van der Waals surface area contributed by atoms with E-state index in [-0.39, 0.29) is 11.5 Å². The lowest BCUT2D eigenvalue weighted by atomic mass is 10.2. The summed E-state index contributed by atoms with van der Waals surface area (Å²) in [5.74, 6) is 1.30. The van der Waals surface area contributed by atoms with Gasteiger partial charge in [0.1, 0.15) is 11.6 Å². The fraction of sp³-hybridized carbons (Fsp3) is 0.150. The summed E-state index contributed by atoms with van der Waals surface area (Å²) >= 11 is 0. The molecule has 0 radical (unpaired) electrons. The molecule has 0 amide bonds. The molecular formula is C20H16FN5O3. The Hall–Kier alpha value is -3.88. The summed E-state index contributed by atoms with van der Waals surface area (Å²) in [6.45, 7) is 0.639. The van der Waals surface area contributed by atoms with Gasteiger partial charge in [0.2, 0.25) is 11.7 Å². The maximum absolute atomic E-state index is 13.0. The topological polar surface area (TPSA) is 107 Å². The maximum atomic E-state index is 13.0. The van der Waals surface area contributed by atoms with Crippen molar-refractivity contribution in [2.24, 2.45) is 0 Å². The second-order valence-corrected chi connectivity index (χ2v) is 6.38. The summed E-state index contributed by atoms with van der Waals surface area (Å²) in [6, 6.07) is 14.1. The Morgan fingerprint density at radius 2 is 1.90 bits per heavy atom. The van der Waals surface area contributed by atoms with E-state index in [1.165, 1.54) is 24.3 Å². The molecule has 0 saturated carbocycles. The molecule has 0 fully saturated rings. The molecule has 0 atom stereocenters. The largest absolute Gasteiger partial charge is 0.370 e. The van der Waals surface area contributed by atoms with E-state index in [1.54, 1.807) is 30.3 Å². The second-order valence-electron chi connectivity index (χ2n) is 6.38. The van der Waals surface area contributed by atoms with Gasteiger partial charge in [-0.1, -0.05) is 5.16 Å². The molecule has 0 aliphatic carbocycles. The van der Waals surface area contributed by atoms with Gasteiger partial charge in [-0.2, -0.15) is 4.98 Å². The lowest BCUT2D eigenvalue weighted by molar-refractivity contribution is -0.384. The Balaban J connectivity index is 1.32. The Bertz CT molecular complexity index is 1160. The number of nitro groups is 1. The van der Waals surface area contributed by atoms with Gasteiger partial charge in [-0.05, 0) is 48.9 Å². The lowest BCUT2D eigenvalue weighted by Gasteiger charge is -2.06. The van der Waals surface area contributed by atoms with E-state index in [4.69, 9.17) is 4.52 Å². The first-order valence-corrected chi connectivity index (χ1v) is 8.96. The first kappa shape index (κ1) is 18.5. The Morgan fingerprint density at radius 3 is 2.69 bits per heavy atom. The van der Waals surface area contributed by atoms with Crippen LogP contribution in [-0.2, 0) is 6.42 Å². The van der Waals surface area contributed by atoms with Crippen molar-refractivity contribution in [3.05, 3.63) is 76.4 Å². The van der Waals surface area contributed by atoms with Crippen molar-refractivity contribution >= 4 is 22.4 Å². The average molecular weight is 393 g/mol. The van der Waals surface area contributed by atoms with Crippen LogP contribution in [0.2, 0.25) is 0 Å². The van der Waals surface area contributed by atoms with Crippen LogP contribution in [-0.4, -0.2) is 26.6 Å². The molecule has 4 aromatic rings. The number of nitro benzene ring substituents is 1. The highest BCUT2D eigenvalue weighted by atomic mass is 19.1. The van der Waals surface area contributed by atoms with E-state index in [0.29, 0.717) is 47.0 Å². The lowest BCUT2D eigenvalue weighted by Crippen LogP contribution is -2.04. The van der Waals surface area contributed by atoms with Gasteiger partial charge in [-0.3, -0.25) is 10.1 Å². The number of pyridine rings is 1. The Morgan fingerprint density at radius 1 is 1.07 bits per heavy atom. The number of hydrogen-bond donors (Lipinski definition) is 1. The smallest absolute Gasteiger partial charge is 0.270 e. The number of aryl methyl sites for hydroxylation is 1. The standard InChI is InChI=1S/C20H16FN5O3/c21-15-6-3-13(4-7-15)20-24-19(29-25-20)2-1-11-22-18-10-5-14-12-16(26(27)28)8-9-17(14)23-18/h3-10,12H,1-2,11H2,(H,22,23). The van der Waals surface area contributed by atoms with E-state index >= 15 is 0 Å². The molecule has 0 aliphatic rings. The molecule has 4 rings (SSSR count). The molecule has 0 spiro atoms.